The molecule has 128 valence electrons. The molecule has 25 heavy (non-hydrogen) atoms. The molecule has 0 radical (unpaired) electrons. The van der Waals surface area contributed by atoms with Gasteiger partial charge in [-0.1, -0.05) is 6.07 Å². The van der Waals surface area contributed by atoms with Gasteiger partial charge < -0.3 is 14.8 Å². The number of Topliss-reactive ketones (excluding diaryl/α,β-unsaturated/α-hetero) is 2. The first-order valence-corrected chi connectivity index (χ1v) is 6.94. The molecule has 0 spiro atoms. The minimum atomic E-state index is -1.42. The Morgan fingerprint density at radius 1 is 1.12 bits per heavy atom. The number of aromatic amines is 1. The molecule has 2 aromatic rings. The third-order valence-corrected chi connectivity index (χ3v) is 3.02. The van der Waals surface area contributed by atoms with E-state index in [4.69, 9.17) is 9.84 Å². The van der Waals surface area contributed by atoms with E-state index in [0.29, 0.717) is 0 Å². The van der Waals surface area contributed by atoms with Gasteiger partial charge in [0.05, 0.1) is 0 Å². The monoisotopic (exact) mass is 344 g/mol. The van der Waals surface area contributed by atoms with Crippen LogP contribution in [0.2, 0.25) is 0 Å². The number of carboxylic acids is 1. The summed E-state index contributed by atoms with van der Waals surface area (Å²) in [4.78, 5) is 63.4. The number of carbonyl (C=O) groups is 4. The van der Waals surface area contributed by atoms with E-state index in [0.717, 1.165) is 12.1 Å². The predicted molar refractivity (Wildman–Crippen MR) is 82.9 cm³/mol. The first kappa shape index (κ1) is 17.7. The molecule has 0 bridgehead atoms. The molecule has 2 N–H and O–H groups in total. The minimum absolute atomic E-state index is 0.0618. The van der Waals surface area contributed by atoms with Crippen LogP contribution < -0.4 is 5.43 Å². The molecule has 0 saturated carbocycles. The van der Waals surface area contributed by atoms with Crippen LogP contribution in [-0.2, 0) is 4.74 Å². The molecule has 0 aliphatic heterocycles. The highest BCUT2D eigenvalue weighted by Crippen LogP contribution is 2.04. The number of aromatic nitrogens is 2. The molecule has 0 aromatic carbocycles. The Balaban J connectivity index is 2.11. The normalized spacial score (nSPS) is 10.1. The summed E-state index contributed by atoms with van der Waals surface area (Å²) in [6.07, 6.45) is 0. The van der Waals surface area contributed by atoms with Gasteiger partial charge in [0, 0.05) is 19.1 Å². The summed E-state index contributed by atoms with van der Waals surface area (Å²) in [6, 6.07) is 5.92. The van der Waals surface area contributed by atoms with Crippen molar-refractivity contribution >= 4 is 23.5 Å². The van der Waals surface area contributed by atoms with E-state index in [9.17, 15) is 24.0 Å². The molecule has 9 heteroatoms. The van der Waals surface area contributed by atoms with E-state index < -0.39 is 41.1 Å². The Bertz CT molecular complexity index is 930. The van der Waals surface area contributed by atoms with E-state index in [1.54, 1.807) is 0 Å². The third-order valence-electron chi connectivity index (χ3n) is 3.02. The molecule has 0 aliphatic carbocycles. The first-order chi connectivity index (χ1) is 11.8. The van der Waals surface area contributed by atoms with Gasteiger partial charge >= 0.3 is 11.9 Å². The number of rotatable bonds is 6. The fraction of sp³-hybridized carbons (Fsp3) is 0.125. The van der Waals surface area contributed by atoms with Gasteiger partial charge in [-0.25, -0.2) is 14.6 Å². The third kappa shape index (κ3) is 4.44. The molecule has 2 rings (SSSR count). The number of aromatic carboxylic acids is 1. The quantitative estimate of drug-likeness (QED) is 0.576. The van der Waals surface area contributed by atoms with Crippen molar-refractivity contribution < 1.29 is 29.0 Å². The van der Waals surface area contributed by atoms with Crippen molar-refractivity contribution in [3.8, 4) is 0 Å². The summed E-state index contributed by atoms with van der Waals surface area (Å²) in [5, 5.41) is 8.84. The lowest BCUT2D eigenvalue weighted by Gasteiger charge is -2.05. The lowest BCUT2D eigenvalue weighted by atomic mass is 10.2. The molecule has 2 heterocycles. The van der Waals surface area contributed by atoms with Crippen molar-refractivity contribution in [2.75, 3.05) is 6.61 Å². The zero-order valence-corrected chi connectivity index (χ0v) is 12.9. The maximum Gasteiger partial charge on any atom is 0.355 e. The highest BCUT2D eigenvalue weighted by molar-refractivity contribution is 5.99. The number of carbonyl (C=O) groups excluding carboxylic acids is 3. The fourth-order valence-corrected chi connectivity index (χ4v) is 1.84. The van der Waals surface area contributed by atoms with Gasteiger partial charge in [-0.3, -0.25) is 14.4 Å². The average molecular weight is 344 g/mol. The number of esters is 1. The summed E-state index contributed by atoms with van der Waals surface area (Å²) in [6.45, 7) is 0.606. The molecular weight excluding hydrogens is 332 g/mol. The highest BCUT2D eigenvalue weighted by Gasteiger charge is 2.16. The van der Waals surface area contributed by atoms with Crippen LogP contribution >= 0.6 is 0 Å². The van der Waals surface area contributed by atoms with Crippen LogP contribution in [0.1, 0.15) is 48.9 Å². The highest BCUT2D eigenvalue weighted by atomic mass is 16.5. The van der Waals surface area contributed by atoms with E-state index in [1.165, 1.54) is 25.1 Å². The van der Waals surface area contributed by atoms with Gasteiger partial charge in [-0.05, 0) is 12.1 Å². The number of pyridine rings is 2. The van der Waals surface area contributed by atoms with Crippen LogP contribution in [-0.4, -0.2) is 45.2 Å². The molecule has 0 unspecified atom stereocenters. The average Bonchev–Trinajstić information content (AvgIpc) is 2.58. The lowest BCUT2D eigenvalue weighted by molar-refractivity contribution is 0.0467. The summed E-state index contributed by atoms with van der Waals surface area (Å²) < 4.78 is 4.76. The summed E-state index contributed by atoms with van der Waals surface area (Å²) in [7, 11) is 0. The zero-order valence-electron chi connectivity index (χ0n) is 12.9. The van der Waals surface area contributed by atoms with E-state index >= 15 is 0 Å². The summed E-state index contributed by atoms with van der Waals surface area (Å²) in [5.74, 6) is -3.48. The molecule has 0 saturated heterocycles. The molecule has 0 atom stereocenters. The van der Waals surface area contributed by atoms with Crippen LogP contribution in [0, 0.1) is 0 Å². The van der Waals surface area contributed by atoms with Crippen LogP contribution in [0.3, 0.4) is 0 Å². The van der Waals surface area contributed by atoms with Crippen molar-refractivity contribution in [1.82, 2.24) is 9.97 Å². The van der Waals surface area contributed by atoms with E-state index in [1.807, 2.05) is 0 Å². The number of ether oxygens (including phenoxy) is 1. The standard InChI is InChI=1S/C16H12N2O7/c1-8(19)10-3-2-4-11(17-10)14(21)7-25-16(24)13-6-9(20)5-12(18-13)15(22)23/h2-6H,7H2,1H3,(H,18,20)(H,22,23). The van der Waals surface area contributed by atoms with E-state index in [2.05, 4.69) is 9.97 Å². The minimum Gasteiger partial charge on any atom is -0.477 e. The van der Waals surface area contributed by atoms with Gasteiger partial charge in [-0.2, -0.15) is 0 Å². The van der Waals surface area contributed by atoms with Gasteiger partial charge in [-0.15, -0.1) is 0 Å². The molecule has 2 aromatic heterocycles. The van der Waals surface area contributed by atoms with Crippen LogP contribution in [0.25, 0.3) is 0 Å². The molecule has 0 amide bonds. The topological polar surface area (TPSA) is 143 Å². The number of H-pyrrole nitrogens is 1. The number of carboxylic acid groups (broad SMARTS) is 1. The summed E-state index contributed by atoms with van der Waals surface area (Å²) >= 11 is 0. The SMILES string of the molecule is CC(=O)c1cccc(C(=O)COC(=O)c2cc(=O)cc(C(=O)O)[nH]2)n1. The second kappa shape index (κ2) is 7.30. The number of nitrogens with zero attached hydrogens (tertiary/aromatic N) is 1. The Morgan fingerprint density at radius 2 is 1.76 bits per heavy atom. The molecule has 9 nitrogen and oxygen atoms in total. The second-order valence-electron chi connectivity index (χ2n) is 4.91. The maximum atomic E-state index is 12.0. The molecular formula is C16H12N2O7. The van der Waals surface area contributed by atoms with Crippen LogP contribution in [0.15, 0.2) is 35.1 Å². The smallest absolute Gasteiger partial charge is 0.355 e. The molecule has 0 aliphatic rings. The Labute approximate surface area is 140 Å². The molecule has 0 fully saturated rings. The van der Waals surface area contributed by atoms with E-state index in [-0.39, 0.29) is 17.2 Å². The number of hydrogen-bond donors (Lipinski definition) is 2. The Hall–Kier alpha value is -3.62. The zero-order chi connectivity index (χ0) is 18.6. The van der Waals surface area contributed by atoms with Gasteiger partial charge in [0.15, 0.2) is 17.8 Å². The second-order valence-corrected chi connectivity index (χ2v) is 4.91. The van der Waals surface area contributed by atoms with Crippen molar-refractivity contribution in [2.24, 2.45) is 0 Å². The Kier molecular flexibility index (Phi) is 5.18. The van der Waals surface area contributed by atoms with Crippen LogP contribution in [0.4, 0.5) is 0 Å². The Morgan fingerprint density at radius 3 is 2.40 bits per heavy atom. The van der Waals surface area contributed by atoms with Crippen LogP contribution in [0.5, 0.6) is 0 Å². The predicted octanol–water partition coefficient (Wildman–Crippen LogP) is 0.710. The number of ketones is 2. The van der Waals surface area contributed by atoms with Crippen molar-refractivity contribution in [1.29, 1.82) is 0 Å². The van der Waals surface area contributed by atoms with Crippen molar-refractivity contribution in [3.05, 3.63) is 63.3 Å². The van der Waals surface area contributed by atoms with Crippen molar-refractivity contribution in [3.63, 3.8) is 0 Å². The summed E-state index contributed by atoms with van der Waals surface area (Å²) in [5.41, 5.74) is -1.56. The number of hydrogen-bond acceptors (Lipinski definition) is 7. The van der Waals surface area contributed by atoms with Crippen molar-refractivity contribution in [2.45, 2.75) is 6.92 Å². The maximum absolute atomic E-state index is 12.0. The fourth-order valence-electron chi connectivity index (χ4n) is 1.84. The van der Waals surface area contributed by atoms with Gasteiger partial charge in [0.25, 0.3) is 0 Å². The van der Waals surface area contributed by atoms with Gasteiger partial charge in [0.1, 0.15) is 22.8 Å². The lowest BCUT2D eigenvalue weighted by Crippen LogP contribution is -2.19. The first-order valence-electron chi connectivity index (χ1n) is 6.94. The largest absolute Gasteiger partial charge is 0.477 e. The van der Waals surface area contributed by atoms with Gasteiger partial charge in [0.2, 0.25) is 5.78 Å². The number of nitrogens with one attached hydrogen (secondary N) is 1.